The van der Waals surface area contributed by atoms with Gasteiger partial charge in [0.05, 0.1) is 0 Å². The molecule has 0 saturated carbocycles. The largest absolute Gasteiger partial charge is 0.355 e. The van der Waals surface area contributed by atoms with Crippen molar-refractivity contribution in [2.45, 2.75) is 12.8 Å². The van der Waals surface area contributed by atoms with E-state index in [1.54, 1.807) is 0 Å². The Labute approximate surface area is 59.4 Å². The third-order valence-electron chi connectivity index (χ3n) is 1.26. The van der Waals surface area contributed by atoms with Crippen molar-refractivity contribution in [3.8, 4) is 0 Å². The number of amides is 1. The highest BCUT2D eigenvalue weighted by Gasteiger charge is 2.02. The highest BCUT2D eigenvalue weighted by Crippen LogP contribution is 2.05. The maximum Gasteiger partial charge on any atom is 0.220 e. The van der Waals surface area contributed by atoms with Crippen molar-refractivity contribution < 1.29 is 4.79 Å². The zero-order chi connectivity index (χ0) is 6.53. The van der Waals surface area contributed by atoms with Crippen molar-refractivity contribution in [1.29, 1.82) is 0 Å². The van der Waals surface area contributed by atoms with E-state index in [0.717, 1.165) is 24.5 Å². The molecule has 0 aromatic heterocycles. The van der Waals surface area contributed by atoms with Crippen LogP contribution in [-0.4, -0.2) is 24.0 Å². The summed E-state index contributed by atoms with van der Waals surface area (Å²) in [5.74, 6) is 2.44. The van der Waals surface area contributed by atoms with E-state index in [-0.39, 0.29) is 5.91 Å². The summed E-state index contributed by atoms with van der Waals surface area (Å²) in [4.78, 5) is 10.7. The molecule has 0 spiro atoms. The van der Waals surface area contributed by atoms with Gasteiger partial charge < -0.3 is 5.32 Å². The van der Waals surface area contributed by atoms with Crippen LogP contribution in [-0.2, 0) is 4.79 Å². The molecule has 1 heterocycles. The highest BCUT2D eigenvalue weighted by molar-refractivity contribution is 7.99. The Morgan fingerprint density at radius 1 is 1.44 bits per heavy atom. The molecule has 0 bridgehead atoms. The zero-order valence-electron chi connectivity index (χ0n) is 5.35. The fourth-order valence-electron chi connectivity index (χ4n) is 0.788. The van der Waals surface area contributed by atoms with Crippen molar-refractivity contribution in [1.82, 2.24) is 5.32 Å². The molecule has 1 aliphatic heterocycles. The minimum atomic E-state index is 0.218. The summed E-state index contributed by atoms with van der Waals surface area (Å²) in [5.41, 5.74) is 0. The second kappa shape index (κ2) is 3.77. The molecule has 2 nitrogen and oxygen atoms in total. The number of hydrogen-bond donors (Lipinski definition) is 1. The maximum atomic E-state index is 10.7. The number of nitrogens with one attached hydrogen (secondary N) is 1. The van der Waals surface area contributed by atoms with E-state index in [2.05, 4.69) is 5.32 Å². The van der Waals surface area contributed by atoms with E-state index in [1.807, 2.05) is 11.8 Å². The van der Waals surface area contributed by atoms with Gasteiger partial charge in [-0.3, -0.25) is 4.79 Å². The molecular formula is C6H11NOS. The Kier molecular flexibility index (Phi) is 2.91. The van der Waals surface area contributed by atoms with Crippen LogP contribution in [0.15, 0.2) is 0 Å². The van der Waals surface area contributed by atoms with Gasteiger partial charge in [-0.15, -0.1) is 0 Å². The van der Waals surface area contributed by atoms with E-state index >= 15 is 0 Å². The predicted molar refractivity (Wildman–Crippen MR) is 39.6 cm³/mol. The van der Waals surface area contributed by atoms with Crippen molar-refractivity contribution in [3.05, 3.63) is 0 Å². The summed E-state index contributed by atoms with van der Waals surface area (Å²) in [6, 6.07) is 0. The second-order valence-electron chi connectivity index (χ2n) is 2.07. The van der Waals surface area contributed by atoms with Gasteiger partial charge in [0.1, 0.15) is 0 Å². The molecular weight excluding hydrogens is 134 g/mol. The third kappa shape index (κ3) is 2.75. The fraction of sp³-hybridized carbons (Fsp3) is 0.833. The highest BCUT2D eigenvalue weighted by atomic mass is 32.2. The van der Waals surface area contributed by atoms with E-state index in [1.165, 1.54) is 0 Å². The number of carbonyl (C=O) groups excluding carboxylic acids is 1. The summed E-state index contributed by atoms with van der Waals surface area (Å²) in [6.45, 7) is 0.851. The lowest BCUT2D eigenvalue weighted by Gasteiger charge is -2.08. The standard InChI is InChI=1S/C6H11NOS/c8-6-2-1-4-9-5-3-7-6/h1-5H2,(H,7,8). The van der Waals surface area contributed by atoms with Crippen LogP contribution >= 0.6 is 11.8 Å². The lowest BCUT2D eigenvalue weighted by Crippen LogP contribution is -2.27. The number of rotatable bonds is 0. The molecule has 0 atom stereocenters. The molecule has 1 aliphatic rings. The first kappa shape index (κ1) is 6.93. The Bertz CT molecular complexity index is 95.2. The molecule has 1 N–H and O–H groups in total. The average Bonchev–Trinajstić information content (AvgIpc) is 1.79. The van der Waals surface area contributed by atoms with Gasteiger partial charge in [-0.25, -0.2) is 0 Å². The van der Waals surface area contributed by atoms with Crippen LogP contribution in [0.1, 0.15) is 12.8 Å². The molecule has 0 aliphatic carbocycles. The Hall–Kier alpha value is -0.180. The van der Waals surface area contributed by atoms with Gasteiger partial charge >= 0.3 is 0 Å². The monoisotopic (exact) mass is 145 g/mol. The van der Waals surface area contributed by atoms with Gasteiger partial charge in [0.15, 0.2) is 0 Å². The van der Waals surface area contributed by atoms with E-state index in [4.69, 9.17) is 0 Å². The topological polar surface area (TPSA) is 29.1 Å². The molecule has 1 rings (SSSR count). The molecule has 1 amide bonds. The average molecular weight is 145 g/mol. The number of hydrogen-bond acceptors (Lipinski definition) is 2. The normalized spacial score (nSPS) is 22.0. The summed E-state index contributed by atoms with van der Waals surface area (Å²) in [7, 11) is 0. The summed E-state index contributed by atoms with van der Waals surface area (Å²) in [5, 5.41) is 2.82. The van der Waals surface area contributed by atoms with Crippen molar-refractivity contribution in [3.63, 3.8) is 0 Å². The van der Waals surface area contributed by atoms with Gasteiger partial charge in [0.2, 0.25) is 5.91 Å². The summed E-state index contributed by atoms with van der Waals surface area (Å²) in [6.07, 6.45) is 1.75. The lowest BCUT2D eigenvalue weighted by atomic mass is 10.3. The van der Waals surface area contributed by atoms with Gasteiger partial charge in [0.25, 0.3) is 0 Å². The molecule has 0 aromatic rings. The van der Waals surface area contributed by atoms with Crippen LogP contribution in [0.2, 0.25) is 0 Å². The first-order valence-electron chi connectivity index (χ1n) is 3.24. The van der Waals surface area contributed by atoms with Gasteiger partial charge in [-0.1, -0.05) is 0 Å². The second-order valence-corrected chi connectivity index (χ2v) is 3.29. The first-order valence-corrected chi connectivity index (χ1v) is 4.39. The van der Waals surface area contributed by atoms with Crippen LogP contribution < -0.4 is 5.32 Å². The molecule has 0 radical (unpaired) electrons. The SMILES string of the molecule is O=C1CCCSCCN1. The van der Waals surface area contributed by atoms with E-state index in [0.29, 0.717) is 6.42 Å². The fourth-order valence-corrected chi connectivity index (χ4v) is 1.59. The third-order valence-corrected chi connectivity index (χ3v) is 2.33. The lowest BCUT2D eigenvalue weighted by molar-refractivity contribution is -0.121. The number of thioether (sulfide) groups is 1. The van der Waals surface area contributed by atoms with Crippen LogP contribution in [0.4, 0.5) is 0 Å². The first-order chi connectivity index (χ1) is 4.39. The van der Waals surface area contributed by atoms with E-state index < -0.39 is 0 Å². The Morgan fingerprint density at radius 2 is 2.33 bits per heavy atom. The summed E-state index contributed by atoms with van der Waals surface area (Å²) >= 11 is 1.92. The van der Waals surface area contributed by atoms with Gasteiger partial charge in [-0.05, 0) is 12.2 Å². The molecule has 1 saturated heterocycles. The van der Waals surface area contributed by atoms with Crippen LogP contribution in [0, 0.1) is 0 Å². The van der Waals surface area contributed by atoms with Crippen LogP contribution in [0.3, 0.4) is 0 Å². The van der Waals surface area contributed by atoms with Crippen molar-refractivity contribution in [2.24, 2.45) is 0 Å². The zero-order valence-corrected chi connectivity index (χ0v) is 6.17. The molecule has 3 heteroatoms. The van der Waals surface area contributed by atoms with Gasteiger partial charge in [0, 0.05) is 18.7 Å². The molecule has 9 heavy (non-hydrogen) atoms. The predicted octanol–water partition coefficient (Wildman–Crippen LogP) is 0.630. The smallest absolute Gasteiger partial charge is 0.220 e. The molecule has 1 fully saturated rings. The Morgan fingerprint density at radius 3 is 3.22 bits per heavy atom. The molecule has 0 aromatic carbocycles. The Balaban J connectivity index is 2.20. The molecule has 0 unspecified atom stereocenters. The summed E-state index contributed by atoms with van der Waals surface area (Å²) < 4.78 is 0. The van der Waals surface area contributed by atoms with Gasteiger partial charge in [-0.2, -0.15) is 11.8 Å². The van der Waals surface area contributed by atoms with E-state index in [9.17, 15) is 4.79 Å². The minimum Gasteiger partial charge on any atom is -0.355 e. The van der Waals surface area contributed by atoms with Crippen LogP contribution in [0.5, 0.6) is 0 Å². The number of carbonyl (C=O) groups is 1. The minimum absolute atomic E-state index is 0.218. The molecule has 52 valence electrons. The quantitative estimate of drug-likeness (QED) is 0.541. The van der Waals surface area contributed by atoms with Crippen molar-refractivity contribution in [2.75, 3.05) is 18.1 Å². The van der Waals surface area contributed by atoms with Crippen molar-refractivity contribution >= 4 is 17.7 Å². The maximum absolute atomic E-state index is 10.7. The van der Waals surface area contributed by atoms with Crippen LogP contribution in [0.25, 0.3) is 0 Å².